The zero-order valence-corrected chi connectivity index (χ0v) is 9.19. The number of hydrogen-bond acceptors (Lipinski definition) is 6. The zero-order chi connectivity index (χ0) is 12.5. The Morgan fingerprint density at radius 1 is 0.875 bits per heavy atom. The van der Waals surface area contributed by atoms with Gasteiger partial charge in [-0.05, 0) is 6.42 Å². The van der Waals surface area contributed by atoms with Crippen LogP contribution in [-0.4, -0.2) is 66.8 Å². The Morgan fingerprint density at radius 2 is 1.31 bits per heavy atom. The van der Waals surface area contributed by atoms with Gasteiger partial charge < -0.3 is 30.6 Å². The van der Waals surface area contributed by atoms with E-state index in [1.807, 2.05) is 6.92 Å². The first-order valence-corrected chi connectivity index (χ1v) is 5.49. The van der Waals surface area contributed by atoms with Crippen molar-refractivity contribution in [3.05, 3.63) is 0 Å². The van der Waals surface area contributed by atoms with Crippen LogP contribution in [0.1, 0.15) is 26.2 Å². The summed E-state index contributed by atoms with van der Waals surface area (Å²) < 4.78 is 0. The minimum absolute atomic E-state index is 0.0483. The summed E-state index contributed by atoms with van der Waals surface area (Å²) in [5.41, 5.74) is -1.98. The molecule has 96 valence electrons. The van der Waals surface area contributed by atoms with Gasteiger partial charge in [0, 0.05) is 0 Å². The highest BCUT2D eigenvalue weighted by Gasteiger charge is 2.56. The molecule has 0 spiro atoms. The molecule has 0 saturated heterocycles. The smallest absolute Gasteiger partial charge is 0.121 e. The lowest BCUT2D eigenvalue weighted by Crippen LogP contribution is -2.70. The minimum atomic E-state index is -1.98. The van der Waals surface area contributed by atoms with Gasteiger partial charge in [0.15, 0.2) is 0 Å². The van der Waals surface area contributed by atoms with E-state index in [0.29, 0.717) is 6.42 Å². The molecule has 1 saturated carbocycles. The fourth-order valence-electron chi connectivity index (χ4n) is 2.10. The summed E-state index contributed by atoms with van der Waals surface area (Å²) >= 11 is 0. The van der Waals surface area contributed by atoms with Crippen LogP contribution in [0.2, 0.25) is 0 Å². The number of unbranched alkanes of at least 4 members (excludes halogenated alkanes) is 1. The standard InChI is InChI=1S/C10H20O6/c1-2-3-4-10(16)8(14)6(12)5(11)7(13)9(10)15/h5-9,11-16H,2-4H2,1H3/t5?,6-,7+,8-,9-,10?/m1/s1. The van der Waals surface area contributed by atoms with Crippen LogP contribution >= 0.6 is 0 Å². The van der Waals surface area contributed by atoms with E-state index >= 15 is 0 Å². The van der Waals surface area contributed by atoms with Crippen LogP contribution in [0.4, 0.5) is 0 Å². The molecule has 6 atom stereocenters. The van der Waals surface area contributed by atoms with Gasteiger partial charge in [0.25, 0.3) is 0 Å². The summed E-state index contributed by atoms with van der Waals surface area (Å²) in [7, 11) is 0. The van der Waals surface area contributed by atoms with Gasteiger partial charge >= 0.3 is 0 Å². The fraction of sp³-hybridized carbons (Fsp3) is 1.00. The van der Waals surface area contributed by atoms with Gasteiger partial charge in [-0.15, -0.1) is 0 Å². The molecule has 0 aliphatic heterocycles. The summed E-state index contributed by atoms with van der Waals surface area (Å²) in [6.07, 6.45) is -7.03. The van der Waals surface area contributed by atoms with Crippen molar-refractivity contribution < 1.29 is 30.6 Å². The summed E-state index contributed by atoms with van der Waals surface area (Å²) in [4.78, 5) is 0. The van der Waals surface area contributed by atoms with Crippen molar-refractivity contribution in [2.24, 2.45) is 0 Å². The van der Waals surface area contributed by atoms with Crippen molar-refractivity contribution in [1.82, 2.24) is 0 Å². The van der Waals surface area contributed by atoms with Crippen molar-refractivity contribution >= 4 is 0 Å². The molecule has 1 fully saturated rings. The van der Waals surface area contributed by atoms with Crippen molar-refractivity contribution in [2.75, 3.05) is 0 Å². The van der Waals surface area contributed by atoms with E-state index in [-0.39, 0.29) is 6.42 Å². The third-order valence-electron chi connectivity index (χ3n) is 3.30. The molecule has 16 heavy (non-hydrogen) atoms. The average molecular weight is 236 g/mol. The van der Waals surface area contributed by atoms with Gasteiger partial charge in [0.05, 0.1) is 0 Å². The Labute approximate surface area is 93.8 Å². The van der Waals surface area contributed by atoms with Gasteiger partial charge in [-0.2, -0.15) is 0 Å². The normalized spacial score (nSPS) is 49.3. The van der Waals surface area contributed by atoms with Crippen molar-refractivity contribution in [3.63, 3.8) is 0 Å². The molecule has 0 aromatic rings. The van der Waals surface area contributed by atoms with E-state index in [4.69, 9.17) is 0 Å². The molecule has 1 rings (SSSR count). The third kappa shape index (κ3) is 2.09. The highest BCUT2D eigenvalue weighted by molar-refractivity contribution is 5.08. The Hall–Kier alpha value is -0.240. The maximum Gasteiger partial charge on any atom is 0.121 e. The van der Waals surface area contributed by atoms with Crippen molar-refractivity contribution in [1.29, 1.82) is 0 Å². The van der Waals surface area contributed by atoms with Crippen LogP contribution in [0.5, 0.6) is 0 Å². The summed E-state index contributed by atoms with van der Waals surface area (Å²) in [5.74, 6) is 0. The topological polar surface area (TPSA) is 121 Å². The van der Waals surface area contributed by atoms with Crippen LogP contribution in [0, 0.1) is 0 Å². The SMILES string of the molecule is CCCCC1(O)[C@H](O)[C@H](O)C(O)[C@H](O)[C@H]1O. The highest BCUT2D eigenvalue weighted by atomic mass is 16.4. The predicted octanol–water partition coefficient (Wildman–Crippen LogP) is -2.27. The highest BCUT2D eigenvalue weighted by Crippen LogP contribution is 2.33. The molecule has 0 aromatic carbocycles. The lowest BCUT2D eigenvalue weighted by atomic mass is 9.72. The van der Waals surface area contributed by atoms with Crippen LogP contribution in [0.15, 0.2) is 0 Å². The first kappa shape index (κ1) is 13.8. The lowest BCUT2D eigenvalue weighted by molar-refractivity contribution is -0.269. The zero-order valence-electron chi connectivity index (χ0n) is 9.19. The Bertz CT molecular complexity index is 217. The number of aliphatic hydroxyl groups excluding tert-OH is 5. The molecule has 0 aromatic heterocycles. The molecule has 1 aliphatic carbocycles. The van der Waals surface area contributed by atoms with E-state index < -0.39 is 36.1 Å². The van der Waals surface area contributed by atoms with Gasteiger partial charge in [0.2, 0.25) is 0 Å². The second kappa shape index (κ2) is 4.95. The fourth-order valence-corrected chi connectivity index (χ4v) is 2.10. The van der Waals surface area contributed by atoms with Gasteiger partial charge in [-0.1, -0.05) is 19.8 Å². The summed E-state index contributed by atoms with van der Waals surface area (Å²) in [5, 5.41) is 57.6. The van der Waals surface area contributed by atoms with E-state index in [0.717, 1.165) is 6.42 Å². The van der Waals surface area contributed by atoms with Crippen LogP contribution in [0.25, 0.3) is 0 Å². The van der Waals surface area contributed by atoms with Crippen LogP contribution in [0.3, 0.4) is 0 Å². The molecule has 0 heterocycles. The van der Waals surface area contributed by atoms with E-state index in [1.54, 1.807) is 0 Å². The third-order valence-corrected chi connectivity index (χ3v) is 3.30. The molecule has 6 nitrogen and oxygen atoms in total. The van der Waals surface area contributed by atoms with Crippen LogP contribution < -0.4 is 0 Å². The van der Waals surface area contributed by atoms with Crippen molar-refractivity contribution in [2.45, 2.75) is 62.3 Å². The van der Waals surface area contributed by atoms with Gasteiger partial charge in [0.1, 0.15) is 36.1 Å². The first-order chi connectivity index (χ1) is 7.36. The second-order valence-electron chi connectivity index (χ2n) is 4.46. The van der Waals surface area contributed by atoms with E-state index in [1.165, 1.54) is 0 Å². The number of hydrogen-bond donors (Lipinski definition) is 6. The molecule has 0 bridgehead atoms. The predicted molar refractivity (Wildman–Crippen MR) is 54.5 cm³/mol. The second-order valence-corrected chi connectivity index (χ2v) is 4.46. The molecule has 0 radical (unpaired) electrons. The van der Waals surface area contributed by atoms with Gasteiger partial charge in [-0.3, -0.25) is 0 Å². The summed E-state index contributed by atoms with van der Waals surface area (Å²) in [6, 6.07) is 0. The Balaban J connectivity index is 2.88. The van der Waals surface area contributed by atoms with Crippen LogP contribution in [-0.2, 0) is 0 Å². The maximum absolute atomic E-state index is 10.1. The first-order valence-electron chi connectivity index (χ1n) is 5.49. The molecule has 2 unspecified atom stereocenters. The molecular formula is C10H20O6. The molecule has 6 heteroatoms. The van der Waals surface area contributed by atoms with E-state index in [2.05, 4.69) is 0 Å². The molecule has 6 N–H and O–H groups in total. The number of aliphatic hydroxyl groups is 6. The summed E-state index contributed by atoms with van der Waals surface area (Å²) in [6.45, 7) is 1.87. The monoisotopic (exact) mass is 236 g/mol. The Morgan fingerprint density at radius 3 is 1.69 bits per heavy atom. The Kier molecular flexibility index (Phi) is 4.28. The average Bonchev–Trinajstić information content (AvgIpc) is 2.29. The van der Waals surface area contributed by atoms with Crippen molar-refractivity contribution in [3.8, 4) is 0 Å². The quantitative estimate of drug-likeness (QED) is 0.328. The maximum atomic E-state index is 10.1. The lowest BCUT2D eigenvalue weighted by Gasteiger charge is -2.47. The molecule has 0 amide bonds. The number of rotatable bonds is 3. The van der Waals surface area contributed by atoms with Gasteiger partial charge in [-0.25, -0.2) is 0 Å². The molecule has 1 aliphatic rings. The minimum Gasteiger partial charge on any atom is -0.387 e. The largest absolute Gasteiger partial charge is 0.387 e. The van der Waals surface area contributed by atoms with E-state index in [9.17, 15) is 30.6 Å². The molecular weight excluding hydrogens is 216 g/mol.